The van der Waals surface area contributed by atoms with E-state index in [0.717, 1.165) is 18.7 Å². The second-order valence-corrected chi connectivity index (χ2v) is 8.09. The number of thioether (sulfide) groups is 1. The summed E-state index contributed by atoms with van der Waals surface area (Å²) in [6.07, 6.45) is 1.44. The lowest BCUT2D eigenvalue weighted by Crippen LogP contribution is -2.23. The summed E-state index contributed by atoms with van der Waals surface area (Å²) in [5.74, 6) is -0.182. The number of tetrazole rings is 1. The second-order valence-electron chi connectivity index (χ2n) is 7.15. The topological polar surface area (TPSA) is 122 Å². The van der Waals surface area contributed by atoms with Crippen LogP contribution in [-0.2, 0) is 16.6 Å². The number of hydrogen-bond donors (Lipinski definition) is 2. The molecule has 1 fully saturated rings. The van der Waals surface area contributed by atoms with Crippen molar-refractivity contribution in [3.8, 4) is 0 Å². The highest BCUT2D eigenvalue weighted by atomic mass is 32.2. The van der Waals surface area contributed by atoms with Crippen LogP contribution in [0.3, 0.4) is 0 Å². The van der Waals surface area contributed by atoms with Crippen molar-refractivity contribution in [2.24, 2.45) is 7.05 Å². The van der Waals surface area contributed by atoms with E-state index in [0.29, 0.717) is 28.5 Å². The number of anilines is 3. The van der Waals surface area contributed by atoms with E-state index in [1.807, 2.05) is 12.1 Å². The monoisotopic (exact) mass is 451 g/mol. The molecule has 0 saturated carbocycles. The molecular weight excluding hydrogens is 430 g/mol. The Morgan fingerprint density at radius 1 is 1.03 bits per heavy atom. The van der Waals surface area contributed by atoms with Crippen molar-refractivity contribution in [3.63, 3.8) is 0 Å². The maximum atomic E-state index is 12.5. The lowest BCUT2D eigenvalue weighted by molar-refractivity contribution is -0.117. The fourth-order valence-corrected chi connectivity index (χ4v) is 3.87. The molecule has 2 aromatic carbocycles. The van der Waals surface area contributed by atoms with Gasteiger partial charge in [-0.05, 0) is 65.4 Å². The van der Waals surface area contributed by atoms with Gasteiger partial charge in [0.05, 0.1) is 5.75 Å². The summed E-state index contributed by atoms with van der Waals surface area (Å²) >= 11 is 1.23. The minimum atomic E-state index is -0.266. The zero-order chi connectivity index (χ0) is 22.5. The van der Waals surface area contributed by atoms with Crippen LogP contribution in [0.1, 0.15) is 23.2 Å². The Morgan fingerprint density at radius 2 is 1.72 bits per heavy atom. The van der Waals surface area contributed by atoms with Gasteiger partial charge in [-0.15, -0.1) is 5.10 Å². The SMILES string of the molecule is Cn1nnnc1SCC(=O)Nc1ccc(C(=O)Nc2ccc(N3CCCC3=O)cc2)cc1. The summed E-state index contributed by atoms with van der Waals surface area (Å²) < 4.78 is 1.49. The van der Waals surface area contributed by atoms with Gasteiger partial charge in [-0.2, -0.15) is 0 Å². The van der Waals surface area contributed by atoms with Crippen LogP contribution in [-0.4, -0.2) is 50.2 Å². The number of aryl methyl sites for hydroxylation is 1. The van der Waals surface area contributed by atoms with Gasteiger partial charge in [-0.3, -0.25) is 14.4 Å². The Balaban J connectivity index is 1.29. The summed E-state index contributed by atoms with van der Waals surface area (Å²) in [7, 11) is 1.70. The maximum Gasteiger partial charge on any atom is 0.255 e. The summed E-state index contributed by atoms with van der Waals surface area (Å²) in [4.78, 5) is 38.2. The number of nitrogens with zero attached hydrogens (tertiary/aromatic N) is 5. The first-order chi connectivity index (χ1) is 15.5. The molecule has 0 atom stereocenters. The highest BCUT2D eigenvalue weighted by Crippen LogP contribution is 2.23. The Bertz CT molecular complexity index is 1130. The van der Waals surface area contributed by atoms with Gasteiger partial charge in [-0.1, -0.05) is 11.8 Å². The number of hydrogen-bond acceptors (Lipinski definition) is 7. The average molecular weight is 452 g/mol. The van der Waals surface area contributed by atoms with Crippen molar-refractivity contribution < 1.29 is 14.4 Å². The quantitative estimate of drug-likeness (QED) is 0.529. The Labute approximate surface area is 188 Å². The van der Waals surface area contributed by atoms with Gasteiger partial charge in [0.1, 0.15) is 0 Å². The van der Waals surface area contributed by atoms with Gasteiger partial charge in [0, 0.05) is 42.6 Å². The first-order valence-corrected chi connectivity index (χ1v) is 10.9. The Kier molecular flexibility index (Phi) is 6.45. The van der Waals surface area contributed by atoms with Crippen LogP contribution >= 0.6 is 11.8 Å². The Hall–Kier alpha value is -3.73. The van der Waals surface area contributed by atoms with Crippen LogP contribution in [0.5, 0.6) is 0 Å². The second kappa shape index (κ2) is 9.60. The van der Waals surface area contributed by atoms with Crippen molar-refractivity contribution in [1.29, 1.82) is 0 Å². The number of carbonyl (C=O) groups is 3. The fraction of sp³-hybridized carbons (Fsp3) is 0.238. The summed E-state index contributed by atoms with van der Waals surface area (Å²) in [6, 6.07) is 13.8. The summed E-state index contributed by atoms with van der Waals surface area (Å²) in [5, 5.41) is 17.2. The van der Waals surface area contributed by atoms with Crippen LogP contribution < -0.4 is 15.5 Å². The maximum absolute atomic E-state index is 12.5. The van der Waals surface area contributed by atoms with E-state index in [2.05, 4.69) is 26.2 Å². The average Bonchev–Trinajstić information content (AvgIpc) is 3.41. The van der Waals surface area contributed by atoms with Crippen molar-refractivity contribution in [1.82, 2.24) is 20.2 Å². The van der Waals surface area contributed by atoms with Crippen LogP contribution in [0, 0.1) is 0 Å². The number of amides is 3. The first kappa shape index (κ1) is 21.5. The lowest BCUT2D eigenvalue weighted by Gasteiger charge is -2.16. The van der Waals surface area contributed by atoms with E-state index in [1.54, 1.807) is 48.3 Å². The van der Waals surface area contributed by atoms with Gasteiger partial charge in [0.2, 0.25) is 17.0 Å². The minimum absolute atomic E-state index is 0.123. The third-order valence-corrected chi connectivity index (χ3v) is 5.87. The van der Waals surface area contributed by atoms with Crippen molar-refractivity contribution in [2.75, 3.05) is 27.8 Å². The zero-order valence-corrected chi connectivity index (χ0v) is 18.1. The molecule has 0 aliphatic carbocycles. The van der Waals surface area contributed by atoms with E-state index in [4.69, 9.17) is 0 Å². The van der Waals surface area contributed by atoms with Crippen molar-refractivity contribution in [3.05, 3.63) is 54.1 Å². The van der Waals surface area contributed by atoms with Crippen LogP contribution in [0.15, 0.2) is 53.7 Å². The number of rotatable bonds is 7. The molecule has 32 heavy (non-hydrogen) atoms. The molecule has 2 heterocycles. The minimum Gasteiger partial charge on any atom is -0.325 e. The van der Waals surface area contributed by atoms with Gasteiger partial charge in [0.15, 0.2) is 0 Å². The van der Waals surface area contributed by atoms with Crippen LogP contribution in [0.25, 0.3) is 0 Å². The zero-order valence-electron chi connectivity index (χ0n) is 17.3. The molecule has 4 rings (SSSR count). The molecule has 1 saturated heterocycles. The molecule has 1 aliphatic rings. The van der Waals surface area contributed by atoms with Crippen molar-refractivity contribution >= 4 is 46.5 Å². The molecule has 11 heteroatoms. The number of benzene rings is 2. The molecule has 1 aliphatic heterocycles. The smallest absolute Gasteiger partial charge is 0.255 e. The molecule has 0 spiro atoms. The van der Waals surface area contributed by atoms with Gasteiger partial charge in [0.25, 0.3) is 5.91 Å². The summed E-state index contributed by atoms with van der Waals surface area (Å²) in [5.41, 5.74) is 2.52. The van der Waals surface area contributed by atoms with E-state index in [9.17, 15) is 14.4 Å². The molecular formula is C21H21N7O3S. The number of carbonyl (C=O) groups excluding carboxylic acids is 3. The third-order valence-electron chi connectivity index (χ3n) is 4.85. The highest BCUT2D eigenvalue weighted by Gasteiger charge is 2.21. The molecule has 164 valence electrons. The molecule has 0 bridgehead atoms. The molecule has 1 aromatic heterocycles. The standard InChI is InChI=1S/C21H21N7O3S/c1-27-21(24-25-26-27)32-13-18(29)22-15-6-4-14(5-7-15)20(31)23-16-8-10-17(11-9-16)28-12-2-3-19(28)30/h4-11H,2-3,12-13H2,1H3,(H,22,29)(H,23,31). The largest absolute Gasteiger partial charge is 0.325 e. The van der Waals surface area contributed by atoms with Gasteiger partial charge >= 0.3 is 0 Å². The van der Waals surface area contributed by atoms with E-state index >= 15 is 0 Å². The molecule has 10 nitrogen and oxygen atoms in total. The lowest BCUT2D eigenvalue weighted by atomic mass is 10.2. The first-order valence-electron chi connectivity index (χ1n) is 9.96. The van der Waals surface area contributed by atoms with Gasteiger partial charge in [-0.25, -0.2) is 4.68 Å². The van der Waals surface area contributed by atoms with Gasteiger partial charge < -0.3 is 15.5 Å². The number of aromatic nitrogens is 4. The van der Waals surface area contributed by atoms with Crippen molar-refractivity contribution in [2.45, 2.75) is 18.0 Å². The predicted octanol–water partition coefficient (Wildman–Crippen LogP) is 2.32. The van der Waals surface area contributed by atoms with E-state index in [1.165, 1.54) is 16.4 Å². The van der Waals surface area contributed by atoms with E-state index in [-0.39, 0.29) is 23.5 Å². The normalized spacial score (nSPS) is 13.3. The molecule has 2 N–H and O–H groups in total. The Morgan fingerprint density at radius 3 is 2.34 bits per heavy atom. The van der Waals surface area contributed by atoms with Crippen LogP contribution in [0.2, 0.25) is 0 Å². The molecule has 0 unspecified atom stereocenters. The molecule has 3 amide bonds. The summed E-state index contributed by atoms with van der Waals surface area (Å²) in [6.45, 7) is 0.726. The highest BCUT2D eigenvalue weighted by molar-refractivity contribution is 7.99. The molecule has 0 radical (unpaired) electrons. The predicted molar refractivity (Wildman–Crippen MR) is 121 cm³/mol. The molecule has 3 aromatic rings. The fourth-order valence-electron chi connectivity index (χ4n) is 3.22. The van der Waals surface area contributed by atoms with Crippen LogP contribution in [0.4, 0.5) is 17.1 Å². The number of nitrogens with one attached hydrogen (secondary N) is 2. The van der Waals surface area contributed by atoms with E-state index < -0.39 is 0 Å². The third kappa shape index (κ3) is 5.11.